The maximum absolute atomic E-state index is 5.61. The van der Waals surface area contributed by atoms with Crippen LogP contribution < -0.4 is 0 Å². The van der Waals surface area contributed by atoms with Gasteiger partial charge in [0.05, 0.1) is 12.1 Å². The summed E-state index contributed by atoms with van der Waals surface area (Å²) in [6, 6.07) is 0. The van der Waals surface area contributed by atoms with E-state index in [2.05, 4.69) is 36.2 Å². The molecule has 1 aromatic rings. The van der Waals surface area contributed by atoms with E-state index in [0.29, 0.717) is 17.8 Å². The highest BCUT2D eigenvalue weighted by Crippen LogP contribution is 2.20. The highest BCUT2D eigenvalue weighted by Gasteiger charge is 2.13. The van der Waals surface area contributed by atoms with E-state index >= 15 is 0 Å². The van der Waals surface area contributed by atoms with Crippen LogP contribution in [0, 0.1) is 5.41 Å². The van der Waals surface area contributed by atoms with E-state index in [1.165, 1.54) is 0 Å². The first-order valence-electron chi connectivity index (χ1n) is 6.56. The first kappa shape index (κ1) is 15.1. The predicted octanol–water partition coefficient (Wildman–Crippen LogP) is 2.81. The number of hydrogen-bond acceptors (Lipinski definition) is 4. The highest BCUT2D eigenvalue weighted by molar-refractivity contribution is 4.74. The monoisotopic (exact) mass is 254 g/mol. The number of ether oxygens (including phenoxy) is 1. The van der Waals surface area contributed by atoms with Crippen molar-refractivity contribution in [1.82, 2.24) is 20.2 Å². The Hall–Kier alpha value is -0.970. The molecule has 0 aliphatic heterocycles. The number of rotatable bonds is 5. The molecule has 0 saturated carbocycles. The fourth-order valence-corrected chi connectivity index (χ4v) is 1.46. The summed E-state index contributed by atoms with van der Waals surface area (Å²) in [7, 11) is 0. The molecule has 0 saturated heterocycles. The van der Waals surface area contributed by atoms with Gasteiger partial charge in [0.15, 0.2) is 5.82 Å². The molecular weight excluding hydrogens is 228 g/mol. The minimum Gasteiger partial charge on any atom is -0.368 e. The van der Waals surface area contributed by atoms with Crippen LogP contribution >= 0.6 is 0 Å². The van der Waals surface area contributed by atoms with Crippen LogP contribution in [0.25, 0.3) is 0 Å². The molecule has 0 amide bonds. The second-order valence-electron chi connectivity index (χ2n) is 6.87. The Labute approximate surface area is 110 Å². The van der Waals surface area contributed by atoms with Crippen LogP contribution in [-0.2, 0) is 17.9 Å². The molecule has 0 aliphatic rings. The first-order valence-corrected chi connectivity index (χ1v) is 6.56. The van der Waals surface area contributed by atoms with Crippen LogP contribution in [0.2, 0.25) is 0 Å². The maximum atomic E-state index is 5.61. The summed E-state index contributed by atoms with van der Waals surface area (Å²) in [4.78, 5) is 1.66. The van der Waals surface area contributed by atoms with Crippen LogP contribution in [0.3, 0.4) is 0 Å². The highest BCUT2D eigenvalue weighted by atomic mass is 16.5. The third kappa shape index (κ3) is 6.69. The SMILES string of the molecule is CC(C)(C)CCCn1nnc(COC(C)(C)C)n1. The molecule has 0 bridgehead atoms. The summed E-state index contributed by atoms with van der Waals surface area (Å²) in [5.74, 6) is 0.653. The molecule has 104 valence electrons. The predicted molar refractivity (Wildman–Crippen MR) is 71.0 cm³/mol. The summed E-state index contributed by atoms with van der Waals surface area (Å²) in [6.07, 6.45) is 2.22. The van der Waals surface area contributed by atoms with Crippen molar-refractivity contribution in [2.45, 2.75) is 73.1 Å². The lowest BCUT2D eigenvalue weighted by Crippen LogP contribution is -2.19. The van der Waals surface area contributed by atoms with Crippen LogP contribution in [0.4, 0.5) is 0 Å². The molecule has 18 heavy (non-hydrogen) atoms. The van der Waals surface area contributed by atoms with Gasteiger partial charge < -0.3 is 4.74 Å². The third-order valence-corrected chi connectivity index (χ3v) is 2.41. The van der Waals surface area contributed by atoms with Gasteiger partial charge in [-0.2, -0.15) is 4.80 Å². The molecule has 0 aromatic carbocycles. The van der Waals surface area contributed by atoms with E-state index in [1.54, 1.807) is 4.80 Å². The molecule has 0 fully saturated rings. The van der Waals surface area contributed by atoms with E-state index in [-0.39, 0.29) is 5.60 Å². The van der Waals surface area contributed by atoms with E-state index in [9.17, 15) is 0 Å². The van der Waals surface area contributed by atoms with Gasteiger partial charge in [-0.05, 0) is 44.2 Å². The number of aromatic nitrogens is 4. The average molecular weight is 254 g/mol. The van der Waals surface area contributed by atoms with E-state index in [0.717, 1.165) is 19.4 Å². The number of tetrazole rings is 1. The lowest BCUT2D eigenvalue weighted by atomic mass is 9.91. The zero-order chi connectivity index (χ0) is 13.8. The molecule has 0 N–H and O–H groups in total. The van der Waals surface area contributed by atoms with Gasteiger partial charge in [0, 0.05) is 0 Å². The number of aryl methyl sites for hydroxylation is 1. The smallest absolute Gasteiger partial charge is 0.200 e. The molecule has 0 aliphatic carbocycles. The fraction of sp³-hybridized carbons (Fsp3) is 0.923. The van der Waals surface area contributed by atoms with Crippen molar-refractivity contribution in [1.29, 1.82) is 0 Å². The van der Waals surface area contributed by atoms with Crippen molar-refractivity contribution in [2.24, 2.45) is 5.41 Å². The van der Waals surface area contributed by atoms with Crippen molar-refractivity contribution < 1.29 is 4.74 Å². The largest absolute Gasteiger partial charge is 0.368 e. The van der Waals surface area contributed by atoms with Crippen LogP contribution in [0.15, 0.2) is 0 Å². The Bertz CT molecular complexity index is 360. The molecule has 0 unspecified atom stereocenters. The number of hydrogen-bond donors (Lipinski definition) is 0. The zero-order valence-corrected chi connectivity index (χ0v) is 12.5. The minimum atomic E-state index is -0.169. The van der Waals surface area contributed by atoms with E-state index < -0.39 is 0 Å². The Balaban J connectivity index is 2.35. The molecule has 1 aromatic heterocycles. The minimum absolute atomic E-state index is 0.169. The third-order valence-electron chi connectivity index (χ3n) is 2.41. The fourth-order valence-electron chi connectivity index (χ4n) is 1.46. The van der Waals surface area contributed by atoms with E-state index in [1.807, 2.05) is 20.8 Å². The summed E-state index contributed by atoms with van der Waals surface area (Å²) < 4.78 is 5.61. The second kappa shape index (κ2) is 5.78. The summed E-state index contributed by atoms with van der Waals surface area (Å²) in [6.45, 7) is 14.0. The zero-order valence-electron chi connectivity index (χ0n) is 12.5. The normalized spacial score (nSPS) is 13.0. The topological polar surface area (TPSA) is 52.8 Å². The molecule has 1 heterocycles. The summed E-state index contributed by atoms with van der Waals surface area (Å²) in [5.41, 5.74) is 0.191. The number of nitrogens with zero attached hydrogens (tertiary/aromatic N) is 4. The van der Waals surface area contributed by atoms with Gasteiger partial charge in [-0.15, -0.1) is 10.2 Å². The quantitative estimate of drug-likeness (QED) is 0.810. The van der Waals surface area contributed by atoms with Gasteiger partial charge in [-0.3, -0.25) is 0 Å². The first-order chi connectivity index (χ1) is 8.16. The maximum Gasteiger partial charge on any atom is 0.200 e. The van der Waals surface area contributed by atoms with Crippen LogP contribution in [0.1, 0.15) is 60.2 Å². The molecule has 0 spiro atoms. The molecule has 5 heteroatoms. The molecule has 0 radical (unpaired) electrons. The molecule has 5 nitrogen and oxygen atoms in total. The lowest BCUT2D eigenvalue weighted by molar-refractivity contribution is -0.0182. The van der Waals surface area contributed by atoms with E-state index in [4.69, 9.17) is 4.74 Å². The molecular formula is C13H26N4O. The van der Waals surface area contributed by atoms with Crippen molar-refractivity contribution in [3.8, 4) is 0 Å². The van der Waals surface area contributed by atoms with Gasteiger partial charge in [0.25, 0.3) is 0 Å². The Morgan fingerprint density at radius 1 is 1.11 bits per heavy atom. The second-order valence-corrected chi connectivity index (χ2v) is 6.87. The standard InChI is InChI=1S/C13H26N4O/c1-12(2,3)8-7-9-17-15-11(14-16-17)10-18-13(4,5)6/h7-10H2,1-6H3. The van der Waals surface area contributed by atoms with Crippen molar-refractivity contribution >= 4 is 0 Å². The average Bonchev–Trinajstić information content (AvgIpc) is 2.60. The van der Waals surface area contributed by atoms with Crippen LogP contribution in [0.5, 0.6) is 0 Å². The van der Waals surface area contributed by atoms with Crippen molar-refractivity contribution in [3.05, 3.63) is 5.82 Å². The molecule has 1 rings (SSSR count). The Morgan fingerprint density at radius 2 is 1.78 bits per heavy atom. The Morgan fingerprint density at radius 3 is 2.33 bits per heavy atom. The van der Waals surface area contributed by atoms with Gasteiger partial charge >= 0.3 is 0 Å². The van der Waals surface area contributed by atoms with Gasteiger partial charge in [0.1, 0.15) is 6.61 Å². The summed E-state index contributed by atoms with van der Waals surface area (Å²) in [5, 5.41) is 12.3. The van der Waals surface area contributed by atoms with Crippen LogP contribution in [-0.4, -0.2) is 25.8 Å². The molecule has 0 atom stereocenters. The van der Waals surface area contributed by atoms with Gasteiger partial charge in [0.2, 0.25) is 0 Å². The van der Waals surface area contributed by atoms with Gasteiger partial charge in [-0.25, -0.2) is 0 Å². The van der Waals surface area contributed by atoms with Gasteiger partial charge in [-0.1, -0.05) is 20.8 Å². The Kier molecular flexibility index (Phi) is 4.85. The van der Waals surface area contributed by atoms with Crippen molar-refractivity contribution in [2.75, 3.05) is 0 Å². The summed E-state index contributed by atoms with van der Waals surface area (Å²) >= 11 is 0. The lowest BCUT2D eigenvalue weighted by Gasteiger charge is -2.17. The van der Waals surface area contributed by atoms with Crippen molar-refractivity contribution in [3.63, 3.8) is 0 Å².